The molecule has 0 saturated heterocycles. The second-order valence-electron chi connectivity index (χ2n) is 4.07. The number of nitrogens with two attached hydrogens (primary N) is 1. The summed E-state index contributed by atoms with van der Waals surface area (Å²) in [5.74, 6) is 5.70. The van der Waals surface area contributed by atoms with Gasteiger partial charge in [-0.25, -0.2) is 0 Å². The van der Waals surface area contributed by atoms with Crippen molar-refractivity contribution < 1.29 is 5.11 Å². The maximum Gasteiger partial charge on any atom is 0.0558 e. The van der Waals surface area contributed by atoms with Crippen LogP contribution < -0.4 is 5.84 Å². The van der Waals surface area contributed by atoms with Crippen molar-refractivity contribution in [3.8, 4) is 0 Å². The monoisotopic (exact) mass is 199 g/mol. The molecule has 0 spiro atoms. The Morgan fingerprint density at radius 1 is 1.43 bits per heavy atom. The minimum atomic E-state index is 0.251. The number of nitrogens with zero attached hydrogens (tertiary/aromatic N) is 2. The minimum Gasteiger partial charge on any atom is -0.395 e. The van der Waals surface area contributed by atoms with Crippen LogP contribution in [0.3, 0.4) is 0 Å². The molecule has 4 nitrogen and oxygen atoms in total. The van der Waals surface area contributed by atoms with Gasteiger partial charge in [-0.05, 0) is 38.6 Å². The van der Waals surface area contributed by atoms with Crippen LogP contribution in [0, 0.1) is 5.92 Å². The van der Waals surface area contributed by atoms with E-state index in [4.69, 9.17) is 10.9 Å². The smallest absolute Gasteiger partial charge is 0.0558 e. The highest BCUT2D eigenvalue weighted by molar-refractivity contribution is 5.60. The molecule has 0 aromatic rings. The summed E-state index contributed by atoms with van der Waals surface area (Å²) in [5, 5.41) is 12.4. The molecule has 0 bridgehead atoms. The van der Waals surface area contributed by atoms with Crippen molar-refractivity contribution in [2.75, 3.05) is 20.2 Å². The molecular formula is C10H21N3O. The molecule has 3 N–H and O–H groups in total. The third-order valence-electron chi connectivity index (χ3n) is 3.11. The van der Waals surface area contributed by atoms with Gasteiger partial charge in [0.25, 0.3) is 0 Å². The van der Waals surface area contributed by atoms with E-state index in [0.29, 0.717) is 12.0 Å². The predicted octanol–water partition coefficient (Wildman–Crippen LogP) is 0.414. The number of aliphatic hydroxyl groups is 1. The van der Waals surface area contributed by atoms with Crippen molar-refractivity contribution in [1.82, 2.24) is 4.90 Å². The number of likely N-dealkylation sites (N-methyl/N-ethyl adjacent to an activating group) is 1. The topological polar surface area (TPSA) is 61.8 Å². The Morgan fingerprint density at radius 2 is 2.07 bits per heavy atom. The zero-order valence-corrected chi connectivity index (χ0v) is 8.89. The lowest BCUT2D eigenvalue weighted by Crippen LogP contribution is -2.37. The fraction of sp³-hybridized carbons (Fsp3) is 0.900. The van der Waals surface area contributed by atoms with Crippen LogP contribution in [0.25, 0.3) is 0 Å². The highest BCUT2D eigenvalue weighted by Gasteiger charge is 2.22. The lowest BCUT2D eigenvalue weighted by Gasteiger charge is -2.33. The number of aliphatic hydroxyl groups excluding tert-OH is 1. The largest absolute Gasteiger partial charge is 0.395 e. The van der Waals surface area contributed by atoms with Crippen LogP contribution in [-0.2, 0) is 0 Å². The summed E-state index contributed by atoms with van der Waals surface area (Å²) in [6.07, 6.45) is 6.57. The fourth-order valence-electron chi connectivity index (χ4n) is 2.15. The molecule has 0 radical (unpaired) electrons. The zero-order valence-electron chi connectivity index (χ0n) is 8.89. The number of hydrogen-bond acceptors (Lipinski definition) is 4. The molecule has 0 atom stereocenters. The molecule has 1 aliphatic carbocycles. The van der Waals surface area contributed by atoms with Gasteiger partial charge in [-0.3, -0.25) is 0 Å². The number of rotatable bonds is 4. The summed E-state index contributed by atoms with van der Waals surface area (Å²) in [5.41, 5.74) is 0. The van der Waals surface area contributed by atoms with Gasteiger partial charge in [-0.1, -0.05) is 0 Å². The van der Waals surface area contributed by atoms with Crippen LogP contribution in [0.5, 0.6) is 0 Å². The van der Waals surface area contributed by atoms with Gasteiger partial charge in [0.2, 0.25) is 0 Å². The summed E-state index contributed by atoms with van der Waals surface area (Å²) in [7, 11) is 2.08. The summed E-state index contributed by atoms with van der Waals surface area (Å²) in [4.78, 5) is 2.25. The highest BCUT2D eigenvalue weighted by Crippen LogP contribution is 2.25. The van der Waals surface area contributed by atoms with Crippen molar-refractivity contribution >= 4 is 6.21 Å². The summed E-state index contributed by atoms with van der Waals surface area (Å²) in [6.45, 7) is 1.03. The van der Waals surface area contributed by atoms with Crippen LogP contribution in [0.2, 0.25) is 0 Å². The van der Waals surface area contributed by atoms with Gasteiger partial charge in [0.15, 0.2) is 0 Å². The molecule has 0 unspecified atom stereocenters. The van der Waals surface area contributed by atoms with Crippen LogP contribution >= 0.6 is 0 Å². The van der Waals surface area contributed by atoms with Crippen molar-refractivity contribution in [2.45, 2.75) is 31.7 Å². The molecule has 1 saturated carbocycles. The lowest BCUT2D eigenvalue weighted by molar-refractivity contribution is 0.146. The molecule has 1 fully saturated rings. The fourth-order valence-corrected chi connectivity index (χ4v) is 2.15. The zero-order chi connectivity index (χ0) is 10.4. The molecule has 4 heteroatoms. The van der Waals surface area contributed by atoms with Crippen molar-refractivity contribution in [3.63, 3.8) is 0 Å². The molecule has 0 heterocycles. The van der Waals surface area contributed by atoms with E-state index in [2.05, 4.69) is 17.0 Å². The van der Waals surface area contributed by atoms with Gasteiger partial charge in [-0.2, -0.15) is 5.10 Å². The first-order valence-corrected chi connectivity index (χ1v) is 5.32. The van der Waals surface area contributed by atoms with Crippen LogP contribution in [-0.4, -0.2) is 42.5 Å². The number of hydrazone groups is 1. The molecule has 0 aromatic heterocycles. The van der Waals surface area contributed by atoms with E-state index in [9.17, 15) is 0 Å². The Hall–Kier alpha value is -0.610. The van der Waals surface area contributed by atoms with E-state index < -0.39 is 0 Å². The van der Waals surface area contributed by atoms with Crippen LogP contribution in [0.15, 0.2) is 5.10 Å². The molecule has 1 aliphatic rings. The normalized spacial score (nSPS) is 28.8. The second-order valence-corrected chi connectivity index (χ2v) is 4.07. The average molecular weight is 199 g/mol. The number of hydrogen-bond donors (Lipinski definition) is 2. The van der Waals surface area contributed by atoms with Gasteiger partial charge >= 0.3 is 0 Å². The van der Waals surface area contributed by atoms with E-state index >= 15 is 0 Å². The summed E-state index contributed by atoms with van der Waals surface area (Å²) >= 11 is 0. The first-order valence-electron chi connectivity index (χ1n) is 5.32. The SMILES string of the molecule is CN(CCO)C1CCC(C=NN)CC1. The van der Waals surface area contributed by atoms with Gasteiger partial charge < -0.3 is 15.8 Å². The first kappa shape index (κ1) is 11.5. The first-order chi connectivity index (χ1) is 6.77. The molecule has 14 heavy (non-hydrogen) atoms. The molecule has 1 rings (SSSR count). The summed E-state index contributed by atoms with van der Waals surface area (Å²) < 4.78 is 0. The maximum absolute atomic E-state index is 8.82. The molecule has 0 amide bonds. The van der Waals surface area contributed by atoms with Gasteiger partial charge in [0, 0.05) is 18.8 Å². The van der Waals surface area contributed by atoms with Crippen molar-refractivity contribution in [1.29, 1.82) is 0 Å². The third-order valence-corrected chi connectivity index (χ3v) is 3.11. The highest BCUT2D eigenvalue weighted by atomic mass is 16.3. The Kier molecular flexibility index (Phi) is 4.90. The minimum absolute atomic E-state index is 0.251. The van der Waals surface area contributed by atoms with Crippen LogP contribution in [0.1, 0.15) is 25.7 Å². The molecule has 0 aromatic carbocycles. The Morgan fingerprint density at radius 3 is 2.57 bits per heavy atom. The quantitative estimate of drug-likeness (QED) is 0.392. The Balaban J connectivity index is 2.27. The van der Waals surface area contributed by atoms with Gasteiger partial charge in [0.1, 0.15) is 0 Å². The molecular weight excluding hydrogens is 178 g/mol. The van der Waals surface area contributed by atoms with Crippen LogP contribution in [0.4, 0.5) is 0 Å². The van der Waals surface area contributed by atoms with E-state index in [1.807, 2.05) is 6.21 Å². The lowest BCUT2D eigenvalue weighted by atomic mass is 9.86. The summed E-state index contributed by atoms with van der Waals surface area (Å²) in [6, 6.07) is 0.629. The van der Waals surface area contributed by atoms with Gasteiger partial charge in [-0.15, -0.1) is 0 Å². The second kappa shape index (κ2) is 5.98. The van der Waals surface area contributed by atoms with E-state index in [1.165, 1.54) is 25.7 Å². The standard InChI is InChI=1S/C10H21N3O/c1-13(6-7-14)10-4-2-9(3-5-10)8-12-11/h8-10,14H,2-7,11H2,1H3. The van der Waals surface area contributed by atoms with Gasteiger partial charge in [0.05, 0.1) is 6.61 Å². The Bertz CT molecular complexity index is 176. The van der Waals surface area contributed by atoms with Crippen molar-refractivity contribution in [2.24, 2.45) is 16.9 Å². The average Bonchev–Trinajstić information content (AvgIpc) is 2.20. The maximum atomic E-state index is 8.82. The predicted molar refractivity (Wildman–Crippen MR) is 58.1 cm³/mol. The Labute approximate surface area is 85.8 Å². The van der Waals surface area contributed by atoms with E-state index in [0.717, 1.165) is 6.54 Å². The van der Waals surface area contributed by atoms with Crippen molar-refractivity contribution in [3.05, 3.63) is 0 Å². The molecule has 82 valence electrons. The van der Waals surface area contributed by atoms with E-state index in [-0.39, 0.29) is 6.61 Å². The van der Waals surface area contributed by atoms with E-state index in [1.54, 1.807) is 0 Å². The molecule has 0 aliphatic heterocycles. The third kappa shape index (κ3) is 3.27.